The molecule has 1 saturated carbocycles. The molecule has 5 heteroatoms. The van der Waals surface area contributed by atoms with Crippen molar-refractivity contribution in [3.8, 4) is 0 Å². The van der Waals surface area contributed by atoms with Gasteiger partial charge in [-0.25, -0.2) is 0 Å². The average Bonchev–Trinajstić information content (AvgIpc) is 2.67. The summed E-state index contributed by atoms with van der Waals surface area (Å²) >= 11 is 2.43. The summed E-state index contributed by atoms with van der Waals surface area (Å²) < 4.78 is 1.17. The van der Waals surface area contributed by atoms with Crippen LogP contribution in [0.2, 0.25) is 0 Å². The van der Waals surface area contributed by atoms with Crippen molar-refractivity contribution in [2.24, 2.45) is 5.92 Å². The van der Waals surface area contributed by atoms with Crippen molar-refractivity contribution in [2.75, 3.05) is 28.2 Å². The van der Waals surface area contributed by atoms with Crippen molar-refractivity contribution < 1.29 is 4.79 Å². The molecule has 0 saturated heterocycles. The van der Waals surface area contributed by atoms with E-state index in [0.717, 1.165) is 60.9 Å². The number of carbonyl (C=O) groups excluding carboxylic acids is 1. The minimum absolute atomic E-state index is 0.129. The predicted octanol–water partition coefficient (Wildman–Crippen LogP) is 6.19. The first-order valence-electron chi connectivity index (χ1n) is 10.7. The maximum absolute atomic E-state index is 13.0. The number of anilines is 2. The fourth-order valence-electron chi connectivity index (χ4n) is 4.14. The molecule has 1 N–H and O–H groups in total. The standard InChI is InChI=1S/C23H32IN3O/c1-27(16-10-9-15-24)22-19-13-7-8-14-20(19)25-17-21(22)26-23(28)18-11-5-3-2-4-6-12-18/h7-8,13-14,17-18H,2-6,9-12,15-16H2,1H3,(H,26,28). The summed E-state index contributed by atoms with van der Waals surface area (Å²) in [6.07, 6.45) is 12.4. The molecule has 1 heterocycles. The molecule has 0 atom stereocenters. The first-order chi connectivity index (χ1) is 13.7. The maximum atomic E-state index is 13.0. The Balaban J connectivity index is 1.84. The van der Waals surface area contributed by atoms with E-state index in [1.807, 2.05) is 24.4 Å². The third-order valence-electron chi connectivity index (χ3n) is 5.74. The zero-order valence-corrected chi connectivity index (χ0v) is 19.1. The molecule has 2 aromatic rings. The van der Waals surface area contributed by atoms with Crippen LogP contribution in [0.3, 0.4) is 0 Å². The first kappa shape index (κ1) is 21.3. The van der Waals surface area contributed by atoms with Crippen molar-refractivity contribution in [2.45, 2.75) is 57.8 Å². The summed E-state index contributed by atoms with van der Waals surface area (Å²) in [6.45, 7) is 0.976. The Labute approximate surface area is 182 Å². The number of carbonyl (C=O) groups is 1. The highest BCUT2D eigenvalue weighted by Gasteiger charge is 2.22. The van der Waals surface area contributed by atoms with Gasteiger partial charge < -0.3 is 10.2 Å². The summed E-state index contributed by atoms with van der Waals surface area (Å²) in [5.41, 5.74) is 2.92. The Hall–Kier alpha value is -1.37. The second-order valence-corrected chi connectivity index (χ2v) is 8.97. The van der Waals surface area contributed by atoms with Crippen molar-refractivity contribution in [3.63, 3.8) is 0 Å². The lowest BCUT2D eigenvalue weighted by molar-refractivity contribution is -0.120. The Morgan fingerprint density at radius 1 is 1.14 bits per heavy atom. The Morgan fingerprint density at radius 2 is 1.86 bits per heavy atom. The van der Waals surface area contributed by atoms with Crippen LogP contribution < -0.4 is 10.2 Å². The molecule has 4 nitrogen and oxygen atoms in total. The fourth-order valence-corrected chi connectivity index (χ4v) is 4.68. The number of halogens is 1. The zero-order valence-electron chi connectivity index (χ0n) is 16.9. The molecule has 0 unspecified atom stereocenters. The number of alkyl halides is 1. The Morgan fingerprint density at radius 3 is 2.61 bits per heavy atom. The topological polar surface area (TPSA) is 45.2 Å². The highest BCUT2D eigenvalue weighted by molar-refractivity contribution is 14.1. The van der Waals surface area contributed by atoms with E-state index in [1.165, 1.54) is 30.1 Å². The molecule has 0 aliphatic heterocycles. The highest BCUT2D eigenvalue weighted by Crippen LogP contribution is 2.34. The van der Waals surface area contributed by atoms with Gasteiger partial charge >= 0.3 is 0 Å². The SMILES string of the molecule is CN(CCCCI)c1c(NC(=O)C2CCCCCCC2)cnc2ccccc12. The minimum Gasteiger partial charge on any atom is -0.372 e. The number of amides is 1. The number of aromatic nitrogens is 1. The van der Waals surface area contributed by atoms with Crippen LogP contribution >= 0.6 is 22.6 Å². The van der Waals surface area contributed by atoms with Crippen molar-refractivity contribution in [1.82, 2.24) is 4.98 Å². The highest BCUT2D eigenvalue weighted by atomic mass is 127. The van der Waals surface area contributed by atoms with Crippen molar-refractivity contribution in [3.05, 3.63) is 30.5 Å². The molecule has 3 rings (SSSR count). The number of hydrogen-bond donors (Lipinski definition) is 1. The number of pyridine rings is 1. The van der Waals surface area contributed by atoms with Crippen molar-refractivity contribution >= 4 is 50.8 Å². The van der Waals surface area contributed by atoms with E-state index in [9.17, 15) is 4.79 Å². The van der Waals surface area contributed by atoms with Crippen LogP contribution in [0.1, 0.15) is 57.8 Å². The van der Waals surface area contributed by atoms with Gasteiger partial charge in [-0.15, -0.1) is 0 Å². The van der Waals surface area contributed by atoms with Gasteiger partial charge in [0, 0.05) is 24.9 Å². The summed E-state index contributed by atoms with van der Waals surface area (Å²) in [4.78, 5) is 19.9. The van der Waals surface area contributed by atoms with Crippen LogP contribution in [0, 0.1) is 5.92 Å². The Kier molecular flexibility index (Phi) is 8.37. The van der Waals surface area contributed by atoms with E-state index in [-0.39, 0.29) is 11.8 Å². The van der Waals surface area contributed by atoms with Gasteiger partial charge in [0.15, 0.2) is 0 Å². The first-order valence-corrected chi connectivity index (χ1v) is 12.2. The summed E-state index contributed by atoms with van der Waals surface area (Å²) in [6, 6.07) is 8.21. The summed E-state index contributed by atoms with van der Waals surface area (Å²) in [5, 5.41) is 4.35. The number of unbranched alkanes of at least 4 members (excludes halogenated alkanes) is 1. The molecule has 1 aliphatic rings. The largest absolute Gasteiger partial charge is 0.372 e. The van der Waals surface area contributed by atoms with Gasteiger partial charge in [-0.2, -0.15) is 0 Å². The number of nitrogens with one attached hydrogen (secondary N) is 1. The molecule has 1 aliphatic carbocycles. The molecule has 0 spiro atoms. The van der Waals surface area contributed by atoms with Crippen LogP contribution in [-0.4, -0.2) is 28.9 Å². The van der Waals surface area contributed by atoms with E-state index in [2.05, 4.69) is 50.9 Å². The van der Waals surface area contributed by atoms with Crippen LogP contribution in [0.25, 0.3) is 10.9 Å². The second-order valence-electron chi connectivity index (χ2n) is 7.89. The van der Waals surface area contributed by atoms with Gasteiger partial charge in [0.25, 0.3) is 0 Å². The fraction of sp³-hybridized carbons (Fsp3) is 0.565. The monoisotopic (exact) mass is 493 g/mol. The van der Waals surface area contributed by atoms with Gasteiger partial charge in [-0.05, 0) is 36.2 Å². The second kappa shape index (κ2) is 11.0. The van der Waals surface area contributed by atoms with Crippen LogP contribution in [0.15, 0.2) is 30.5 Å². The predicted molar refractivity (Wildman–Crippen MR) is 128 cm³/mol. The van der Waals surface area contributed by atoms with Crippen LogP contribution in [-0.2, 0) is 4.79 Å². The normalized spacial score (nSPS) is 15.8. The van der Waals surface area contributed by atoms with Gasteiger partial charge in [0.05, 0.1) is 23.1 Å². The van der Waals surface area contributed by atoms with Gasteiger partial charge in [-0.1, -0.05) is 72.9 Å². The van der Waals surface area contributed by atoms with Crippen molar-refractivity contribution in [1.29, 1.82) is 0 Å². The van der Waals surface area contributed by atoms with Crippen LogP contribution in [0.5, 0.6) is 0 Å². The number of rotatable bonds is 7. The van der Waals surface area contributed by atoms with Gasteiger partial charge in [0.1, 0.15) is 0 Å². The third kappa shape index (κ3) is 5.58. The molecule has 1 amide bonds. The molecule has 0 bridgehead atoms. The zero-order chi connectivity index (χ0) is 19.8. The van der Waals surface area contributed by atoms with Gasteiger partial charge in [-0.3, -0.25) is 9.78 Å². The molecule has 1 aromatic carbocycles. The number of para-hydroxylation sites is 1. The molecule has 1 fully saturated rings. The quantitative estimate of drug-likeness (QED) is 0.285. The average molecular weight is 493 g/mol. The van der Waals surface area contributed by atoms with E-state index in [1.54, 1.807) is 0 Å². The molecule has 28 heavy (non-hydrogen) atoms. The van der Waals surface area contributed by atoms with E-state index >= 15 is 0 Å². The molecule has 152 valence electrons. The van der Waals surface area contributed by atoms with E-state index < -0.39 is 0 Å². The minimum atomic E-state index is 0.129. The molecular formula is C23H32IN3O. The van der Waals surface area contributed by atoms with E-state index in [4.69, 9.17) is 0 Å². The lowest BCUT2D eigenvalue weighted by atomic mass is 9.90. The van der Waals surface area contributed by atoms with Gasteiger partial charge in [0.2, 0.25) is 5.91 Å². The number of nitrogens with zero attached hydrogens (tertiary/aromatic N) is 2. The molecular weight excluding hydrogens is 461 g/mol. The number of hydrogen-bond acceptors (Lipinski definition) is 3. The smallest absolute Gasteiger partial charge is 0.227 e. The maximum Gasteiger partial charge on any atom is 0.227 e. The summed E-state index contributed by atoms with van der Waals surface area (Å²) in [7, 11) is 2.13. The lowest BCUT2D eigenvalue weighted by Crippen LogP contribution is -2.26. The van der Waals surface area contributed by atoms with Crippen LogP contribution in [0.4, 0.5) is 11.4 Å². The summed E-state index contributed by atoms with van der Waals surface area (Å²) in [5.74, 6) is 0.296. The van der Waals surface area contributed by atoms with E-state index in [0.29, 0.717) is 0 Å². The Bertz CT molecular complexity index is 772. The lowest BCUT2D eigenvalue weighted by Gasteiger charge is -2.25. The number of benzene rings is 1. The molecule has 0 radical (unpaired) electrons. The number of fused-ring (bicyclic) bond motifs is 1. The third-order valence-corrected chi connectivity index (χ3v) is 6.50. The molecule has 1 aromatic heterocycles.